The quantitative estimate of drug-likeness (QED) is 0.279. The van der Waals surface area contributed by atoms with Crippen molar-refractivity contribution < 1.29 is 33.6 Å². The van der Waals surface area contributed by atoms with E-state index in [0.717, 1.165) is 18.4 Å². The Labute approximate surface area is 216 Å². The SMILES string of the molecule is CO[C@@]1(C)C[C@@H](C)O[C@H](/C=C/C(C)=C/C[C@@H]2O[C@H](C)[C@H](NC(=O)/C=C\[C@H](C)OC(C)=O)C[C@@H]2C)[C@H]1O. The van der Waals surface area contributed by atoms with E-state index in [9.17, 15) is 14.7 Å². The van der Waals surface area contributed by atoms with Crippen LogP contribution in [0, 0.1) is 5.92 Å². The molecule has 204 valence electrons. The van der Waals surface area contributed by atoms with Gasteiger partial charge in [-0.1, -0.05) is 30.7 Å². The van der Waals surface area contributed by atoms with E-state index in [1.54, 1.807) is 20.1 Å². The standard InChI is InChI=1S/C28H45NO7/c1-17(10-13-25-27(32)28(7,33-8)16-20(4)35-25)9-12-24-18(2)15-23(21(5)36-24)29-26(31)14-11-19(3)34-22(6)30/h9-11,13-14,18-21,23-25,27,32H,12,15-16H2,1-8H3,(H,29,31)/b13-10+,14-11-,17-9+/t18-,19-,20+,21+,23+,24-,25+,27+,28-/m0/s1. The topological polar surface area (TPSA) is 103 Å². The number of methoxy groups -OCH3 is 1. The first kappa shape index (κ1) is 30.2. The summed E-state index contributed by atoms with van der Waals surface area (Å²) >= 11 is 0. The van der Waals surface area contributed by atoms with E-state index in [1.807, 2.05) is 39.8 Å². The molecular formula is C28H45NO7. The highest BCUT2D eigenvalue weighted by molar-refractivity contribution is 5.87. The summed E-state index contributed by atoms with van der Waals surface area (Å²) in [6.45, 7) is 13.1. The van der Waals surface area contributed by atoms with Crippen molar-refractivity contribution in [1.82, 2.24) is 5.32 Å². The Morgan fingerprint density at radius 2 is 1.89 bits per heavy atom. The van der Waals surface area contributed by atoms with Gasteiger partial charge >= 0.3 is 5.97 Å². The lowest BCUT2D eigenvalue weighted by Gasteiger charge is -2.43. The molecule has 2 aliphatic rings. The number of hydrogen-bond donors (Lipinski definition) is 2. The van der Waals surface area contributed by atoms with Crippen molar-refractivity contribution in [2.45, 2.75) is 116 Å². The van der Waals surface area contributed by atoms with Gasteiger partial charge in [0, 0.05) is 26.5 Å². The van der Waals surface area contributed by atoms with E-state index in [-0.39, 0.29) is 42.1 Å². The first-order valence-corrected chi connectivity index (χ1v) is 12.9. The Hall–Kier alpha value is -2.00. The molecule has 8 nitrogen and oxygen atoms in total. The molecule has 2 aliphatic heterocycles. The monoisotopic (exact) mass is 507 g/mol. The van der Waals surface area contributed by atoms with Crippen molar-refractivity contribution in [3.05, 3.63) is 36.0 Å². The predicted octanol–water partition coefficient (Wildman–Crippen LogP) is 3.63. The molecule has 0 aliphatic carbocycles. The summed E-state index contributed by atoms with van der Waals surface area (Å²) in [6, 6.07) is -0.0931. The molecule has 0 aromatic carbocycles. The van der Waals surface area contributed by atoms with Gasteiger partial charge in [-0.3, -0.25) is 9.59 Å². The number of rotatable bonds is 9. The smallest absolute Gasteiger partial charge is 0.303 e. The normalized spacial score (nSPS) is 36.7. The van der Waals surface area contributed by atoms with Crippen LogP contribution in [0.1, 0.15) is 67.7 Å². The van der Waals surface area contributed by atoms with Crippen LogP contribution in [0.5, 0.6) is 0 Å². The lowest BCUT2D eigenvalue weighted by atomic mass is 9.85. The van der Waals surface area contributed by atoms with Gasteiger partial charge in [0.15, 0.2) is 0 Å². The van der Waals surface area contributed by atoms with Gasteiger partial charge in [-0.25, -0.2) is 0 Å². The molecule has 0 bridgehead atoms. The average molecular weight is 508 g/mol. The molecular weight excluding hydrogens is 462 g/mol. The maximum Gasteiger partial charge on any atom is 0.303 e. The third-order valence-corrected chi connectivity index (χ3v) is 7.12. The Morgan fingerprint density at radius 3 is 2.53 bits per heavy atom. The van der Waals surface area contributed by atoms with Crippen molar-refractivity contribution in [2.24, 2.45) is 5.92 Å². The molecule has 36 heavy (non-hydrogen) atoms. The highest BCUT2D eigenvalue weighted by atomic mass is 16.5. The molecule has 2 heterocycles. The maximum atomic E-state index is 12.3. The molecule has 0 spiro atoms. The van der Waals surface area contributed by atoms with E-state index in [0.29, 0.717) is 6.42 Å². The van der Waals surface area contributed by atoms with E-state index in [4.69, 9.17) is 18.9 Å². The number of ether oxygens (including phenoxy) is 4. The zero-order chi connectivity index (χ0) is 27.0. The molecule has 8 heteroatoms. The second kappa shape index (κ2) is 13.5. The summed E-state index contributed by atoms with van der Waals surface area (Å²) in [7, 11) is 1.62. The number of hydrogen-bond acceptors (Lipinski definition) is 7. The minimum atomic E-state index is -0.739. The van der Waals surface area contributed by atoms with E-state index in [1.165, 1.54) is 13.0 Å². The Morgan fingerprint density at radius 1 is 1.19 bits per heavy atom. The van der Waals surface area contributed by atoms with E-state index in [2.05, 4.69) is 18.3 Å². The zero-order valence-electron chi connectivity index (χ0n) is 23.0. The number of allylic oxidation sites excluding steroid dienone is 2. The molecule has 0 saturated carbocycles. The van der Waals surface area contributed by atoms with Crippen LogP contribution < -0.4 is 5.32 Å². The molecule has 2 N–H and O–H groups in total. The second-order valence-corrected chi connectivity index (χ2v) is 10.5. The summed E-state index contributed by atoms with van der Waals surface area (Å²) in [5.41, 5.74) is 0.433. The van der Waals surface area contributed by atoms with E-state index >= 15 is 0 Å². The lowest BCUT2D eigenvalue weighted by Crippen LogP contribution is -2.55. The summed E-state index contributed by atoms with van der Waals surface area (Å²) in [5, 5.41) is 13.7. The van der Waals surface area contributed by atoms with Crippen LogP contribution in [-0.4, -0.2) is 72.4 Å². The highest BCUT2D eigenvalue weighted by Crippen LogP contribution is 2.32. The molecule has 1 amide bonds. The Balaban J connectivity index is 1.88. The molecule has 0 aromatic heterocycles. The molecule has 2 fully saturated rings. The van der Waals surface area contributed by atoms with Crippen molar-refractivity contribution in [3.8, 4) is 0 Å². The van der Waals surface area contributed by atoms with Crippen LogP contribution in [0.15, 0.2) is 36.0 Å². The summed E-state index contributed by atoms with van der Waals surface area (Å²) in [6.07, 6.45) is 9.47. The highest BCUT2D eigenvalue weighted by Gasteiger charge is 2.44. The van der Waals surface area contributed by atoms with Gasteiger partial charge in [-0.2, -0.15) is 0 Å². The Bertz CT molecular complexity index is 838. The first-order chi connectivity index (χ1) is 16.8. The van der Waals surface area contributed by atoms with Gasteiger partial charge in [0.05, 0.1) is 30.0 Å². The van der Waals surface area contributed by atoms with Crippen molar-refractivity contribution in [3.63, 3.8) is 0 Å². The first-order valence-electron chi connectivity index (χ1n) is 12.9. The van der Waals surface area contributed by atoms with Gasteiger partial charge in [0.1, 0.15) is 18.3 Å². The molecule has 0 radical (unpaired) electrons. The number of aliphatic hydroxyl groups excluding tert-OH is 1. The molecule has 0 aromatic rings. The third kappa shape index (κ3) is 8.83. The minimum Gasteiger partial charge on any atom is -0.459 e. The maximum absolute atomic E-state index is 12.3. The van der Waals surface area contributed by atoms with E-state index < -0.39 is 23.9 Å². The van der Waals surface area contributed by atoms with Crippen LogP contribution in [0.25, 0.3) is 0 Å². The molecule has 9 atom stereocenters. The van der Waals surface area contributed by atoms with Crippen LogP contribution >= 0.6 is 0 Å². The zero-order valence-corrected chi connectivity index (χ0v) is 23.0. The fraction of sp³-hybridized carbons (Fsp3) is 0.714. The van der Waals surface area contributed by atoms with Crippen LogP contribution in [-0.2, 0) is 28.5 Å². The minimum absolute atomic E-state index is 0.00327. The summed E-state index contributed by atoms with van der Waals surface area (Å²) in [4.78, 5) is 23.3. The van der Waals surface area contributed by atoms with Gasteiger partial charge in [-0.15, -0.1) is 0 Å². The number of nitrogens with one attached hydrogen (secondary N) is 1. The van der Waals surface area contributed by atoms with Crippen molar-refractivity contribution in [1.29, 1.82) is 0 Å². The van der Waals surface area contributed by atoms with Crippen LogP contribution in [0.3, 0.4) is 0 Å². The lowest BCUT2D eigenvalue weighted by molar-refractivity contribution is -0.202. The second-order valence-electron chi connectivity index (χ2n) is 10.5. The van der Waals surface area contributed by atoms with Crippen molar-refractivity contribution in [2.75, 3.05) is 7.11 Å². The summed E-state index contributed by atoms with van der Waals surface area (Å²) < 4.78 is 22.8. The van der Waals surface area contributed by atoms with Gasteiger partial charge < -0.3 is 29.4 Å². The number of esters is 1. The fourth-order valence-electron chi connectivity index (χ4n) is 4.87. The predicted molar refractivity (Wildman–Crippen MR) is 138 cm³/mol. The largest absolute Gasteiger partial charge is 0.459 e. The number of carbonyl (C=O) groups is 2. The average Bonchev–Trinajstić information content (AvgIpc) is 2.79. The Kier molecular flexibility index (Phi) is 11.3. The number of amides is 1. The van der Waals surface area contributed by atoms with Crippen molar-refractivity contribution >= 4 is 11.9 Å². The van der Waals surface area contributed by atoms with Gasteiger partial charge in [0.25, 0.3) is 0 Å². The third-order valence-electron chi connectivity index (χ3n) is 7.12. The van der Waals surface area contributed by atoms with Crippen LogP contribution in [0.4, 0.5) is 0 Å². The van der Waals surface area contributed by atoms with Gasteiger partial charge in [-0.05, 0) is 59.5 Å². The molecule has 0 unspecified atom stereocenters. The van der Waals surface area contributed by atoms with Crippen LogP contribution in [0.2, 0.25) is 0 Å². The number of carbonyl (C=O) groups excluding carboxylic acids is 2. The number of aliphatic hydroxyl groups is 1. The summed E-state index contributed by atoms with van der Waals surface area (Å²) in [5.74, 6) is -0.354. The molecule has 2 saturated heterocycles. The molecule has 2 rings (SSSR count). The van der Waals surface area contributed by atoms with Gasteiger partial charge in [0.2, 0.25) is 5.91 Å². The fourth-order valence-corrected chi connectivity index (χ4v) is 4.87.